The van der Waals surface area contributed by atoms with E-state index in [2.05, 4.69) is 5.32 Å². The quantitative estimate of drug-likeness (QED) is 0.893. The maximum atomic E-state index is 12.2. The molecule has 2 rings (SSSR count). The first-order valence-electron chi connectivity index (χ1n) is 6.45. The summed E-state index contributed by atoms with van der Waals surface area (Å²) in [6.45, 7) is 0. The smallest absolute Gasteiger partial charge is 0.335 e. The lowest BCUT2D eigenvalue weighted by atomic mass is 10.1. The van der Waals surface area contributed by atoms with Crippen LogP contribution in [0.3, 0.4) is 0 Å². The van der Waals surface area contributed by atoms with Crippen molar-refractivity contribution in [3.05, 3.63) is 23.8 Å². The number of amides is 1. The number of anilines is 1. The Kier molecular flexibility index (Phi) is 4.89. The molecule has 1 fully saturated rings. The summed E-state index contributed by atoms with van der Waals surface area (Å²) in [4.78, 5) is 23.2. The van der Waals surface area contributed by atoms with Gasteiger partial charge in [-0.25, -0.2) is 4.79 Å². The number of carboxylic acids is 1. The third kappa shape index (κ3) is 3.45. The Morgan fingerprint density at radius 2 is 2.20 bits per heavy atom. The fourth-order valence-corrected chi connectivity index (χ4v) is 3.30. The zero-order chi connectivity index (χ0) is 14.5. The molecule has 1 aliphatic rings. The number of aromatic carboxylic acids is 1. The topological polar surface area (TPSA) is 75.6 Å². The van der Waals surface area contributed by atoms with E-state index >= 15 is 0 Å². The first kappa shape index (κ1) is 14.7. The largest absolute Gasteiger partial charge is 0.495 e. The molecule has 1 unspecified atom stereocenters. The minimum absolute atomic E-state index is 0.0676. The molecule has 0 radical (unpaired) electrons. The van der Waals surface area contributed by atoms with Crippen LogP contribution < -0.4 is 10.1 Å². The van der Waals surface area contributed by atoms with Crippen LogP contribution in [0.25, 0.3) is 0 Å². The number of hydrogen-bond acceptors (Lipinski definition) is 4. The normalized spacial score (nSPS) is 18.4. The van der Waals surface area contributed by atoms with E-state index in [0.717, 1.165) is 25.0 Å². The number of nitrogens with one attached hydrogen (secondary N) is 1. The summed E-state index contributed by atoms with van der Waals surface area (Å²) in [6.07, 6.45) is 3.06. The number of carbonyl (C=O) groups excluding carboxylic acids is 1. The third-order valence-corrected chi connectivity index (χ3v) is 4.55. The van der Waals surface area contributed by atoms with Gasteiger partial charge in [-0.2, -0.15) is 0 Å². The molecule has 1 amide bonds. The van der Waals surface area contributed by atoms with E-state index in [1.54, 1.807) is 17.8 Å². The highest BCUT2D eigenvalue weighted by Crippen LogP contribution is 2.29. The van der Waals surface area contributed by atoms with Gasteiger partial charge in [0, 0.05) is 0 Å². The lowest BCUT2D eigenvalue weighted by Gasteiger charge is -2.21. The second-order valence-electron chi connectivity index (χ2n) is 4.56. The molecule has 0 aliphatic carbocycles. The first-order valence-corrected chi connectivity index (χ1v) is 7.50. The third-order valence-electron chi connectivity index (χ3n) is 3.18. The summed E-state index contributed by atoms with van der Waals surface area (Å²) < 4.78 is 5.15. The standard InChI is InChI=1S/C14H17NO4S/c1-19-11-6-5-9(14(17)18)8-10(11)15-13(16)12-4-2-3-7-20-12/h5-6,8,12H,2-4,7H2,1H3,(H,15,16)(H,17,18). The molecule has 5 nitrogen and oxygen atoms in total. The second-order valence-corrected chi connectivity index (χ2v) is 5.88. The number of methoxy groups -OCH3 is 1. The molecule has 0 spiro atoms. The summed E-state index contributed by atoms with van der Waals surface area (Å²) in [6, 6.07) is 4.42. The fourth-order valence-electron chi connectivity index (χ4n) is 2.10. The van der Waals surface area contributed by atoms with E-state index < -0.39 is 5.97 Å². The monoisotopic (exact) mass is 295 g/mol. The van der Waals surface area contributed by atoms with Crippen LogP contribution in [-0.4, -0.2) is 35.1 Å². The van der Waals surface area contributed by atoms with E-state index in [4.69, 9.17) is 9.84 Å². The van der Waals surface area contributed by atoms with Gasteiger partial charge in [0.15, 0.2) is 0 Å². The van der Waals surface area contributed by atoms with Crippen LogP contribution in [0.5, 0.6) is 5.75 Å². The van der Waals surface area contributed by atoms with Gasteiger partial charge in [-0.1, -0.05) is 6.42 Å². The summed E-state index contributed by atoms with van der Waals surface area (Å²) in [5, 5.41) is 11.7. The van der Waals surface area contributed by atoms with Gasteiger partial charge in [0.1, 0.15) is 5.75 Å². The molecule has 1 aromatic carbocycles. The maximum Gasteiger partial charge on any atom is 0.335 e. The van der Waals surface area contributed by atoms with Crippen molar-refractivity contribution in [2.75, 3.05) is 18.2 Å². The molecule has 0 saturated carbocycles. The van der Waals surface area contributed by atoms with Gasteiger partial charge in [0.05, 0.1) is 23.6 Å². The van der Waals surface area contributed by atoms with Crippen molar-refractivity contribution in [3.63, 3.8) is 0 Å². The Labute approximate surface area is 121 Å². The fraction of sp³-hybridized carbons (Fsp3) is 0.429. The van der Waals surface area contributed by atoms with Crippen molar-refractivity contribution in [2.45, 2.75) is 24.5 Å². The van der Waals surface area contributed by atoms with Crippen LogP contribution >= 0.6 is 11.8 Å². The van der Waals surface area contributed by atoms with Gasteiger partial charge in [0.25, 0.3) is 0 Å². The zero-order valence-corrected chi connectivity index (χ0v) is 12.0. The summed E-state index contributed by atoms with van der Waals surface area (Å²) in [5.41, 5.74) is 0.529. The van der Waals surface area contributed by atoms with E-state index in [1.165, 1.54) is 19.2 Å². The van der Waals surface area contributed by atoms with Gasteiger partial charge in [0.2, 0.25) is 5.91 Å². The molecule has 1 heterocycles. The number of thioether (sulfide) groups is 1. The van der Waals surface area contributed by atoms with Gasteiger partial charge in [-0.15, -0.1) is 11.8 Å². The van der Waals surface area contributed by atoms with Crippen molar-refractivity contribution in [2.24, 2.45) is 0 Å². The average Bonchev–Trinajstić information content (AvgIpc) is 2.48. The van der Waals surface area contributed by atoms with Crippen molar-refractivity contribution >= 4 is 29.3 Å². The molecule has 108 valence electrons. The molecule has 2 N–H and O–H groups in total. The molecule has 1 aliphatic heterocycles. The van der Waals surface area contributed by atoms with Crippen LogP contribution in [-0.2, 0) is 4.79 Å². The Morgan fingerprint density at radius 3 is 2.80 bits per heavy atom. The Balaban J connectivity index is 2.15. The second kappa shape index (κ2) is 6.65. The van der Waals surface area contributed by atoms with E-state index in [1.807, 2.05) is 0 Å². The predicted octanol–water partition coefficient (Wildman–Crippen LogP) is 2.62. The van der Waals surface area contributed by atoms with Crippen LogP contribution in [0.1, 0.15) is 29.6 Å². The highest BCUT2D eigenvalue weighted by molar-refractivity contribution is 8.00. The molecule has 1 atom stereocenters. The van der Waals surface area contributed by atoms with Crippen molar-refractivity contribution in [3.8, 4) is 5.75 Å². The van der Waals surface area contributed by atoms with Crippen LogP contribution in [0.15, 0.2) is 18.2 Å². The lowest BCUT2D eigenvalue weighted by molar-refractivity contribution is -0.115. The molecule has 0 bridgehead atoms. The van der Waals surface area contributed by atoms with Gasteiger partial charge < -0.3 is 15.2 Å². The number of carbonyl (C=O) groups is 2. The highest BCUT2D eigenvalue weighted by Gasteiger charge is 2.23. The lowest BCUT2D eigenvalue weighted by Crippen LogP contribution is -2.27. The van der Waals surface area contributed by atoms with Crippen LogP contribution in [0, 0.1) is 0 Å². The van der Waals surface area contributed by atoms with Gasteiger partial charge in [-0.05, 0) is 36.8 Å². The van der Waals surface area contributed by atoms with Crippen LogP contribution in [0.4, 0.5) is 5.69 Å². The Bertz CT molecular complexity index is 512. The number of hydrogen-bond donors (Lipinski definition) is 2. The van der Waals surface area contributed by atoms with Crippen molar-refractivity contribution in [1.29, 1.82) is 0 Å². The predicted molar refractivity (Wildman–Crippen MR) is 78.7 cm³/mol. The minimum Gasteiger partial charge on any atom is -0.495 e. The Morgan fingerprint density at radius 1 is 1.40 bits per heavy atom. The molecular weight excluding hydrogens is 278 g/mol. The highest BCUT2D eigenvalue weighted by atomic mass is 32.2. The van der Waals surface area contributed by atoms with E-state index in [9.17, 15) is 9.59 Å². The molecule has 0 aromatic heterocycles. The van der Waals surface area contributed by atoms with Crippen LogP contribution in [0.2, 0.25) is 0 Å². The molecular formula is C14H17NO4S. The minimum atomic E-state index is -1.03. The first-order chi connectivity index (χ1) is 9.61. The zero-order valence-electron chi connectivity index (χ0n) is 11.2. The summed E-state index contributed by atoms with van der Waals surface area (Å²) in [5.74, 6) is 0.333. The molecule has 6 heteroatoms. The number of rotatable bonds is 4. The summed E-state index contributed by atoms with van der Waals surface area (Å²) >= 11 is 1.65. The summed E-state index contributed by atoms with van der Waals surface area (Å²) in [7, 11) is 1.49. The average molecular weight is 295 g/mol. The van der Waals surface area contributed by atoms with Gasteiger partial charge in [-0.3, -0.25) is 4.79 Å². The molecule has 1 aromatic rings. The van der Waals surface area contributed by atoms with E-state index in [0.29, 0.717) is 11.4 Å². The van der Waals surface area contributed by atoms with Crippen molar-refractivity contribution in [1.82, 2.24) is 0 Å². The van der Waals surface area contributed by atoms with E-state index in [-0.39, 0.29) is 16.7 Å². The maximum absolute atomic E-state index is 12.2. The molecule has 20 heavy (non-hydrogen) atoms. The number of ether oxygens (including phenoxy) is 1. The number of benzene rings is 1. The number of carboxylic acid groups (broad SMARTS) is 1. The SMILES string of the molecule is COc1ccc(C(=O)O)cc1NC(=O)C1CCCCS1. The van der Waals surface area contributed by atoms with Gasteiger partial charge >= 0.3 is 5.97 Å². The Hall–Kier alpha value is -1.69. The van der Waals surface area contributed by atoms with Crippen molar-refractivity contribution < 1.29 is 19.4 Å². The molecule has 1 saturated heterocycles.